The average molecular weight is 311 g/mol. The summed E-state index contributed by atoms with van der Waals surface area (Å²) in [4.78, 5) is 16.5. The summed E-state index contributed by atoms with van der Waals surface area (Å²) in [5.41, 5.74) is 0. The zero-order chi connectivity index (χ0) is 15.9. The number of carbonyl (C=O) groups excluding carboxylic acids is 1. The van der Waals surface area contributed by atoms with Crippen molar-refractivity contribution in [1.82, 2.24) is 15.1 Å². The lowest BCUT2D eigenvalue weighted by Crippen LogP contribution is -2.44. The molecule has 0 radical (unpaired) electrons. The summed E-state index contributed by atoms with van der Waals surface area (Å²) < 4.78 is 5.87. The first kappa shape index (κ1) is 17.5. The van der Waals surface area contributed by atoms with Gasteiger partial charge in [-0.05, 0) is 51.1 Å². The normalized spacial score (nSPS) is 26.6. The average Bonchev–Trinajstić information content (AvgIpc) is 2.93. The number of nitrogens with one attached hydrogen (secondary N) is 1. The fourth-order valence-corrected chi connectivity index (χ4v) is 3.30. The minimum atomic E-state index is 0.0863. The lowest BCUT2D eigenvalue weighted by atomic mass is 9.99. The van der Waals surface area contributed by atoms with Gasteiger partial charge in [-0.15, -0.1) is 0 Å². The van der Waals surface area contributed by atoms with Crippen molar-refractivity contribution in [2.75, 3.05) is 46.4 Å². The number of ether oxygens (including phenoxy) is 1. The number of likely N-dealkylation sites (tertiary alicyclic amines) is 2. The Labute approximate surface area is 135 Å². The summed E-state index contributed by atoms with van der Waals surface area (Å²) in [7, 11) is 2.16. The van der Waals surface area contributed by atoms with Crippen LogP contribution in [0.15, 0.2) is 0 Å². The number of amides is 2. The van der Waals surface area contributed by atoms with E-state index in [2.05, 4.69) is 31.1 Å². The molecule has 2 heterocycles. The Bertz CT molecular complexity index is 349. The van der Waals surface area contributed by atoms with Crippen LogP contribution in [0.5, 0.6) is 0 Å². The van der Waals surface area contributed by atoms with Crippen molar-refractivity contribution in [3.05, 3.63) is 0 Å². The molecule has 0 aliphatic carbocycles. The highest BCUT2D eigenvalue weighted by Crippen LogP contribution is 2.16. The molecule has 22 heavy (non-hydrogen) atoms. The molecule has 0 unspecified atom stereocenters. The second-order valence-corrected chi connectivity index (χ2v) is 7.37. The van der Waals surface area contributed by atoms with Gasteiger partial charge in [-0.2, -0.15) is 0 Å². The predicted octanol–water partition coefficient (Wildman–Crippen LogP) is 2.17. The fourth-order valence-electron chi connectivity index (χ4n) is 3.30. The summed E-state index contributed by atoms with van der Waals surface area (Å²) in [6.45, 7) is 9.88. The van der Waals surface area contributed by atoms with E-state index in [-0.39, 0.29) is 12.1 Å². The van der Waals surface area contributed by atoms with Gasteiger partial charge in [-0.25, -0.2) is 4.79 Å². The molecule has 0 bridgehead atoms. The zero-order valence-electron chi connectivity index (χ0n) is 14.5. The van der Waals surface area contributed by atoms with Crippen molar-refractivity contribution in [3.8, 4) is 0 Å². The summed E-state index contributed by atoms with van der Waals surface area (Å²) in [5.74, 6) is 1.28. The van der Waals surface area contributed by atoms with Gasteiger partial charge in [0, 0.05) is 32.8 Å². The Morgan fingerprint density at radius 3 is 2.82 bits per heavy atom. The highest BCUT2D eigenvalue weighted by atomic mass is 16.5. The van der Waals surface area contributed by atoms with Crippen LogP contribution in [0.3, 0.4) is 0 Å². The Kier molecular flexibility index (Phi) is 6.96. The van der Waals surface area contributed by atoms with E-state index in [1.165, 1.54) is 19.4 Å². The van der Waals surface area contributed by atoms with Crippen molar-refractivity contribution in [3.63, 3.8) is 0 Å². The van der Waals surface area contributed by atoms with Crippen LogP contribution in [0, 0.1) is 11.8 Å². The molecule has 0 aromatic heterocycles. The lowest BCUT2D eigenvalue weighted by molar-refractivity contribution is 0.0542. The SMILES string of the molecule is CC(C)CCO[C@@H]1CCN(C(=O)NC[C@H]2CCCN(C)C2)C1. The molecule has 2 atom stereocenters. The number of rotatable bonds is 6. The Balaban J connectivity index is 1.62. The summed E-state index contributed by atoms with van der Waals surface area (Å²) in [5, 5.41) is 3.11. The predicted molar refractivity (Wildman–Crippen MR) is 89.0 cm³/mol. The molecule has 0 aromatic carbocycles. The summed E-state index contributed by atoms with van der Waals surface area (Å²) in [6, 6.07) is 0.0863. The minimum Gasteiger partial charge on any atom is -0.376 e. The minimum absolute atomic E-state index is 0.0863. The molecule has 0 aromatic rings. The number of hydrogen-bond acceptors (Lipinski definition) is 3. The van der Waals surface area contributed by atoms with Gasteiger partial charge in [0.25, 0.3) is 0 Å². The third-order valence-corrected chi connectivity index (χ3v) is 4.75. The van der Waals surface area contributed by atoms with Gasteiger partial charge >= 0.3 is 6.03 Å². The largest absolute Gasteiger partial charge is 0.376 e. The van der Waals surface area contributed by atoms with E-state index in [4.69, 9.17) is 4.74 Å². The Hall–Kier alpha value is -0.810. The number of piperidine rings is 1. The van der Waals surface area contributed by atoms with Crippen molar-refractivity contribution >= 4 is 6.03 Å². The van der Waals surface area contributed by atoms with Crippen LogP contribution < -0.4 is 5.32 Å². The van der Waals surface area contributed by atoms with E-state index >= 15 is 0 Å². The van der Waals surface area contributed by atoms with E-state index in [1.807, 2.05) is 4.90 Å². The van der Waals surface area contributed by atoms with E-state index in [1.54, 1.807) is 0 Å². The molecule has 2 amide bonds. The maximum atomic E-state index is 12.2. The topological polar surface area (TPSA) is 44.8 Å². The van der Waals surface area contributed by atoms with Crippen LogP contribution >= 0.6 is 0 Å². The third-order valence-electron chi connectivity index (χ3n) is 4.75. The second kappa shape index (κ2) is 8.73. The molecule has 2 rings (SSSR count). The van der Waals surface area contributed by atoms with Gasteiger partial charge in [0.1, 0.15) is 0 Å². The van der Waals surface area contributed by atoms with Crippen molar-refractivity contribution < 1.29 is 9.53 Å². The van der Waals surface area contributed by atoms with Gasteiger partial charge < -0.3 is 19.9 Å². The fraction of sp³-hybridized carbons (Fsp3) is 0.941. The molecule has 2 aliphatic heterocycles. The van der Waals surface area contributed by atoms with E-state index in [0.29, 0.717) is 11.8 Å². The van der Waals surface area contributed by atoms with Gasteiger partial charge in [-0.3, -0.25) is 0 Å². The highest BCUT2D eigenvalue weighted by Gasteiger charge is 2.27. The number of hydrogen-bond donors (Lipinski definition) is 1. The van der Waals surface area contributed by atoms with Crippen molar-refractivity contribution in [2.24, 2.45) is 11.8 Å². The van der Waals surface area contributed by atoms with E-state index < -0.39 is 0 Å². The molecule has 2 aliphatic rings. The quantitative estimate of drug-likeness (QED) is 0.818. The first-order valence-corrected chi connectivity index (χ1v) is 8.87. The number of urea groups is 1. The zero-order valence-corrected chi connectivity index (χ0v) is 14.5. The first-order chi connectivity index (χ1) is 10.5. The van der Waals surface area contributed by atoms with Crippen LogP contribution in [0.1, 0.15) is 39.5 Å². The molecule has 0 spiro atoms. The molecular formula is C17H33N3O2. The van der Waals surface area contributed by atoms with Gasteiger partial charge in [0.15, 0.2) is 0 Å². The van der Waals surface area contributed by atoms with Crippen molar-refractivity contribution in [1.29, 1.82) is 0 Å². The Morgan fingerprint density at radius 2 is 2.09 bits per heavy atom. The summed E-state index contributed by atoms with van der Waals surface area (Å²) >= 11 is 0. The second-order valence-electron chi connectivity index (χ2n) is 7.37. The van der Waals surface area contributed by atoms with E-state index in [0.717, 1.165) is 45.6 Å². The molecule has 1 N–H and O–H groups in total. The van der Waals surface area contributed by atoms with Gasteiger partial charge in [-0.1, -0.05) is 13.8 Å². The summed E-state index contributed by atoms with van der Waals surface area (Å²) in [6.07, 6.45) is 4.76. The molecule has 5 nitrogen and oxygen atoms in total. The van der Waals surface area contributed by atoms with Crippen LogP contribution in [0.2, 0.25) is 0 Å². The van der Waals surface area contributed by atoms with E-state index in [9.17, 15) is 4.79 Å². The lowest BCUT2D eigenvalue weighted by Gasteiger charge is -2.30. The smallest absolute Gasteiger partial charge is 0.317 e. The third kappa shape index (κ3) is 5.76. The molecular weight excluding hydrogens is 278 g/mol. The molecule has 2 saturated heterocycles. The van der Waals surface area contributed by atoms with Crippen LogP contribution in [-0.2, 0) is 4.74 Å². The van der Waals surface area contributed by atoms with Crippen LogP contribution in [-0.4, -0.2) is 68.3 Å². The number of carbonyl (C=O) groups is 1. The molecule has 0 saturated carbocycles. The molecule has 128 valence electrons. The monoisotopic (exact) mass is 311 g/mol. The maximum Gasteiger partial charge on any atom is 0.317 e. The van der Waals surface area contributed by atoms with Crippen molar-refractivity contribution in [2.45, 2.75) is 45.6 Å². The maximum absolute atomic E-state index is 12.2. The number of nitrogens with zero attached hydrogens (tertiary/aromatic N) is 2. The molecule has 5 heteroatoms. The van der Waals surface area contributed by atoms with Gasteiger partial charge in [0.2, 0.25) is 0 Å². The standard InChI is InChI=1S/C17H33N3O2/c1-14(2)7-10-22-16-6-9-20(13-16)17(21)18-11-15-5-4-8-19(3)12-15/h14-16H,4-13H2,1-3H3,(H,18,21)/t15-,16-/m1/s1. The molecule has 2 fully saturated rings. The first-order valence-electron chi connectivity index (χ1n) is 8.87. The highest BCUT2D eigenvalue weighted by molar-refractivity contribution is 5.74. The van der Waals surface area contributed by atoms with Gasteiger partial charge in [0.05, 0.1) is 6.10 Å². The Morgan fingerprint density at radius 1 is 1.27 bits per heavy atom. The van der Waals surface area contributed by atoms with Crippen LogP contribution in [0.25, 0.3) is 0 Å². The van der Waals surface area contributed by atoms with Crippen LogP contribution in [0.4, 0.5) is 4.79 Å².